The van der Waals surface area contributed by atoms with Crippen LogP contribution in [0.15, 0.2) is 23.2 Å². The lowest BCUT2D eigenvalue weighted by Gasteiger charge is -2.28. The minimum absolute atomic E-state index is 0.0163. The summed E-state index contributed by atoms with van der Waals surface area (Å²) in [6.45, 7) is 9.33. The maximum atomic E-state index is 14.1. The predicted octanol–water partition coefficient (Wildman–Crippen LogP) is 3.00. The third-order valence-electron chi connectivity index (χ3n) is 5.31. The first-order chi connectivity index (χ1) is 14.3. The van der Waals surface area contributed by atoms with Crippen molar-refractivity contribution < 1.29 is 27.4 Å². The van der Waals surface area contributed by atoms with Gasteiger partial charge in [0.1, 0.15) is 23.8 Å². The molecular formula is C22H29FN2O5S. The molecule has 1 unspecified atom stereocenters. The molecule has 2 aromatic rings. The maximum absolute atomic E-state index is 14.1. The van der Waals surface area contributed by atoms with Crippen LogP contribution in [-0.2, 0) is 27.6 Å². The number of benzene rings is 1. The number of aliphatic hydroxyl groups is 1. The second-order valence-electron chi connectivity index (χ2n) is 9.11. The fourth-order valence-corrected chi connectivity index (χ4v) is 4.98. The summed E-state index contributed by atoms with van der Waals surface area (Å²) in [6, 6.07) is 4.11. The number of ketones is 1. The van der Waals surface area contributed by atoms with Crippen molar-refractivity contribution in [2.75, 3.05) is 12.4 Å². The number of carbonyl (C=O) groups is 1. The van der Waals surface area contributed by atoms with Gasteiger partial charge in [0.05, 0.1) is 6.54 Å². The topological polar surface area (TPSA) is 98.5 Å². The highest BCUT2D eigenvalue weighted by atomic mass is 32.2. The molecule has 0 spiro atoms. The average molecular weight is 453 g/mol. The van der Waals surface area contributed by atoms with E-state index in [0.29, 0.717) is 16.7 Å². The van der Waals surface area contributed by atoms with E-state index in [2.05, 4.69) is 5.10 Å². The maximum Gasteiger partial charge on any atom is 0.213 e. The summed E-state index contributed by atoms with van der Waals surface area (Å²) in [7, 11) is -4.00. The Balaban J connectivity index is 1.85. The van der Waals surface area contributed by atoms with Crippen molar-refractivity contribution in [2.24, 2.45) is 0 Å². The lowest BCUT2D eigenvalue weighted by molar-refractivity contribution is -0.116. The fraction of sp³-hybridized carbons (Fsp3) is 0.545. The molecule has 1 N–H and O–H groups in total. The third kappa shape index (κ3) is 5.15. The zero-order valence-corrected chi connectivity index (χ0v) is 19.3. The highest BCUT2D eigenvalue weighted by Gasteiger charge is 2.33. The predicted molar refractivity (Wildman–Crippen MR) is 114 cm³/mol. The number of fused-ring (bicyclic) bond motifs is 1. The Morgan fingerprint density at radius 3 is 2.35 bits per heavy atom. The van der Waals surface area contributed by atoms with Gasteiger partial charge in [0.15, 0.2) is 10.8 Å². The van der Waals surface area contributed by atoms with Gasteiger partial charge < -0.3 is 9.84 Å². The standard InChI is InChI=1S/C22H29FN2O5S/c1-13(2)17-6-15(23)7-18(14(3)4)19(17)8-16(26)10-31(28,29)20-9-21-25(24-20)11-22(5,27)12-30-21/h6-7,9,13-14,27H,8,10-12H2,1-5H3. The van der Waals surface area contributed by atoms with Crippen molar-refractivity contribution in [3.05, 3.63) is 40.7 Å². The lowest BCUT2D eigenvalue weighted by Crippen LogP contribution is -2.41. The van der Waals surface area contributed by atoms with Crippen molar-refractivity contribution in [3.63, 3.8) is 0 Å². The number of hydrogen-bond acceptors (Lipinski definition) is 6. The Morgan fingerprint density at radius 2 is 1.81 bits per heavy atom. The monoisotopic (exact) mass is 452 g/mol. The SMILES string of the molecule is CC(C)c1cc(F)cc(C(C)C)c1CC(=O)CS(=O)(=O)c1cc2n(n1)CC(C)(O)CO2. The molecule has 1 aliphatic rings. The Morgan fingerprint density at radius 1 is 1.23 bits per heavy atom. The zero-order chi connectivity index (χ0) is 23.1. The highest BCUT2D eigenvalue weighted by Crippen LogP contribution is 2.30. The molecule has 0 saturated heterocycles. The van der Waals surface area contributed by atoms with E-state index in [4.69, 9.17) is 4.74 Å². The minimum atomic E-state index is -4.00. The second kappa shape index (κ2) is 8.35. The summed E-state index contributed by atoms with van der Waals surface area (Å²) < 4.78 is 46.4. The van der Waals surface area contributed by atoms with E-state index in [9.17, 15) is 22.7 Å². The van der Waals surface area contributed by atoms with Crippen LogP contribution < -0.4 is 4.74 Å². The molecule has 9 heteroatoms. The molecule has 0 fully saturated rings. The largest absolute Gasteiger partial charge is 0.475 e. The van der Waals surface area contributed by atoms with E-state index < -0.39 is 27.0 Å². The van der Waals surface area contributed by atoms with Crippen LogP contribution in [0, 0.1) is 5.82 Å². The van der Waals surface area contributed by atoms with E-state index in [1.807, 2.05) is 27.7 Å². The molecule has 2 heterocycles. The number of halogens is 1. The van der Waals surface area contributed by atoms with Crippen molar-refractivity contribution >= 4 is 15.6 Å². The number of rotatable bonds is 7. The molecule has 1 atom stereocenters. The van der Waals surface area contributed by atoms with Gasteiger partial charge >= 0.3 is 0 Å². The first kappa shape index (κ1) is 23.4. The number of Topliss-reactive ketones (excluding diaryl/α,β-unsaturated/α-hetero) is 1. The van der Waals surface area contributed by atoms with Crippen LogP contribution >= 0.6 is 0 Å². The van der Waals surface area contributed by atoms with Crippen LogP contribution in [0.2, 0.25) is 0 Å². The second-order valence-corrected chi connectivity index (χ2v) is 11.0. The summed E-state index contributed by atoms with van der Waals surface area (Å²) in [4.78, 5) is 12.8. The van der Waals surface area contributed by atoms with Gasteiger partial charge in [-0.25, -0.2) is 17.5 Å². The first-order valence-electron chi connectivity index (χ1n) is 10.3. The molecule has 0 bridgehead atoms. The van der Waals surface area contributed by atoms with Gasteiger partial charge in [0.2, 0.25) is 15.7 Å². The van der Waals surface area contributed by atoms with Gasteiger partial charge in [0.25, 0.3) is 0 Å². The molecule has 170 valence electrons. The summed E-state index contributed by atoms with van der Waals surface area (Å²) >= 11 is 0. The highest BCUT2D eigenvalue weighted by molar-refractivity contribution is 7.92. The summed E-state index contributed by atoms with van der Waals surface area (Å²) in [5, 5.41) is 13.8. The normalized spacial score (nSPS) is 18.9. The van der Waals surface area contributed by atoms with Crippen LogP contribution in [0.5, 0.6) is 5.88 Å². The Labute approximate surface area is 182 Å². The number of ether oxygens (including phenoxy) is 1. The van der Waals surface area contributed by atoms with Crippen LogP contribution in [0.4, 0.5) is 4.39 Å². The molecule has 3 rings (SSSR count). The van der Waals surface area contributed by atoms with Crippen LogP contribution in [0.3, 0.4) is 0 Å². The summed E-state index contributed by atoms with van der Waals surface area (Å²) in [5.41, 5.74) is 0.957. The summed E-state index contributed by atoms with van der Waals surface area (Å²) in [6.07, 6.45) is -0.0979. The quantitative estimate of drug-likeness (QED) is 0.694. The average Bonchev–Trinajstić information content (AvgIpc) is 3.04. The molecule has 31 heavy (non-hydrogen) atoms. The van der Waals surface area contributed by atoms with Crippen LogP contribution in [0.25, 0.3) is 0 Å². The van der Waals surface area contributed by atoms with Crippen molar-refractivity contribution in [3.8, 4) is 5.88 Å². The van der Waals surface area contributed by atoms with E-state index in [1.54, 1.807) is 6.92 Å². The number of carbonyl (C=O) groups excluding carboxylic acids is 1. The molecule has 0 aliphatic carbocycles. The molecule has 1 aromatic heterocycles. The van der Waals surface area contributed by atoms with E-state index in [-0.39, 0.29) is 48.1 Å². The summed E-state index contributed by atoms with van der Waals surface area (Å²) in [5.74, 6) is -1.37. The van der Waals surface area contributed by atoms with Gasteiger partial charge in [-0.2, -0.15) is 5.10 Å². The number of sulfone groups is 1. The molecule has 7 nitrogen and oxygen atoms in total. The molecule has 1 aliphatic heterocycles. The van der Waals surface area contributed by atoms with Crippen LogP contribution in [0.1, 0.15) is 63.1 Å². The molecule has 0 amide bonds. The molecular weight excluding hydrogens is 423 g/mol. The Bertz CT molecular complexity index is 1070. The molecule has 0 radical (unpaired) electrons. The van der Waals surface area contributed by atoms with E-state index in [1.165, 1.54) is 22.9 Å². The molecule has 0 saturated carbocycles. The molecule has 1 aromatic carbocycles. The van der Waals surface area contributed by atoms with Gasteiger partial charge in [-0.1, -0.05) is 27.7 Å². The zero-order valence-electron chi connectivity index (χ0n) is 18.5. The number of nitrogens with zero attached hydrogens (tertiary/aromatic N) is 2. The Hall–Kier alpha value is -2.26. The van der Waals surface area contributed by atoms with Crippen LogP contribution in [-0.4, -0.2) is 47.0 Å². The number of hydrogen-bond donors (Lipinski definition) is 1. The van der Waals surface area contributed by atoms with Crippen molar-refractivity contribution in [1.82, 2.24) is 9.78 Å². The number of aromatic nitrogens is 2. The smallest absolute Gasteiger partial charge is 0.213 e. The van der Waals surface area contributed by atoms with Gasteiger partial charge in [-0.15, -0.1) is 0 Å². The Kier molecular flexibility index (Phi) is 6.30. The first-order valence-corrected chi connectivity index (χ1v) is 11.9. The van der Waals surface area contributed by atoms with Gasteiger partial charge in [-0.05, 0) is 47.6 Å². The van der Waals surface area contributed by atoms with E-state index in [0.717, 1.165) is 0 Å². The van der Waals surface area contributed by atoms with Gasteiger partial charge in [0, 0.05) is 12.5 Å². The minimum Gasteiger partial charge on any atom is -0.475 e. The van der Waals surface area contributed by atoms with Crippen molar-refractivity contribution in [1.29, 1.82) is 0 Å². The third-order valence-corrected chi connectivity index (χ3v) is 6.85. The van der Waals surface area contributed by atoms with Gasteiger partial charge in [-0.3, -0.25) is 4.79 Å². The lowest BCUT2D eigenvalue weighted by atomic mass is 9.86. The van der Waals surface area contributed by atoms with Crippen molar-refractivity contribution in [2.45, 2.75) is 70.0 Å². The fourth-order valence-electron chi connectivity index (χ4n) is 3.80. The van der Waals surface area contributed by atoms with E-state index >= 15 is 0 Å².